The lowest BCUT2D eigenvalue weighted by Gasteiger charge is -2.41. The molecule has 0 bridgehead atoms. The number of rotatable bonds is 16. The number of aliphatic hydroxyl groups is 2. The minimum Gasteiger partial charge on any atom is -0.394 e. The highest BCUT2D eigenvalue weighted by Crippen LogP contribution is 2.25. The summed E-state index contributed by atoms with van der Waals surface area (Å²) in [6.07, 6.45) is 3.16. The molecule has 1 aliphatic heterocycles. The molecule has 0 spiro atoms. The number of carbonyl (C=O) groups excluding carboxylic acids is 11. The van der Waals surface area contributed by atoms with Gasteiger partial charge in [-0.3, -0.25) is 52.7 Å². The van der Waals surface area contributed by atoms with Gasteiger partial charge in [0, 0.05) is 49.3 Å². The van der Waals surface area contributed by atoms with Crippen LogP contribution in [-0.2, 0) is 52.7 Å². The van der Waals surface area contributed by atoms with Crippen LogP contribution in [-0.4, -0.2) is 238 Å². The molecular formula is C62H111N11O13. The summed E-state index contributed by atoms with van der Waals surface area (Å²) < 4.78 is 0. The molecule has 0 saturated carbocycles. The zero-order valence-corrected chi connectivity index (χ0v) is 56.2. The van der Waals surface area contributed by atoms with E-state index in [-0.39, 0.29) is 56.3 Å². The lowest BCUT2D eigenvalue weighted by atomic mass is 9.91. The smallest absolute Gasteiger partial charge is 0.248 e. The van der Waals surface area contributed by atoms with Crippen LogP contribution in [0.15, 0.2) is 12.2 Å². The summed E-state index contributed by atoms with van der Waals surface area (Å²) in [5, 5.41) is 33.9. The third kappa shape index (κ3) is 20.7. The van der Waals surface area contributed by atoms with Crippen molar-refractivity contribution in [1.82, 2.24) is 55.6 Å². The van der Waals surface area contributed by atoms with Crippen molar-refractivity contribution in [2.24, 2.45) is 35.5 Å². The fraction of sp³-hybridized carbons (Fsp3) is 0.790. The molecule has 11 amide bonds. The molecule has 0 aromatic carbocycles. The van der Waals surface area contributed by atoms with Gasteiger partial charge in [0.15, 0.2) is 0 Å². The number of carbonyl (C=O) groups is 11. The number of nitrogens with zero attached hydrogens (tertiary/aromatic N) is 7. The number of likely N-dealkylation sites (N-methyl/N-ethyl adjacent to an activating group) is 7. The first-order chi connectivity index (χ1) is 39.8. The first-order valence-electron chi connectivity index (χ1n) is 30.8. The molecule has 0 aromatic heterocycles. The van der Waals surface area contributed by atoms with Crippen LogP contribution in [0.3, 0.4) is 0 Å². The molecular weight excluding hydrogens is 1110 g/mol. The first kappa shape index (κ1) is 77.8. The Morgan fingerprint density at radius 3 is 1.33 bits per heavy atom. The standard InChI is InChI=1S/C62H111N11O13/c1-24-27-29-39(14)51(75)50-55(79)65-42(26-3)57(81)71(21)47(33-74)60(84)68(18)45(31-35(6)7)54(78)66-48(37(10)11)61(85)69(19)44(30-34(4)5)53(77)63-40(15)52(76)64-41(16)56(80)67(17)43(28-25-2)58(82)70(20)46(32-36(8)9)59(83)72(22)49(38(12)13)62(86)73(50)23/h24,27,34-51,74-75H,25-26,28-33H2,1-23H3,(H,63,77)(H,64,76)(H,65,79)(H,66,78)/t39-,40+,41-,42+,43+,44+,45+,46+,47-,48+,49+,50+,51-/m1/s1. The van der Waals surface area contributed by atoms with E-state index in [4.69, 9.17) is 0 Å². The second-order valence-electron chi connectivity index (χ2n) is 25.6. The van der Waals surface area contributed by atoms with E-state index in [1.807, 2.05) is 48.5 Å². The van der Waals surface area contributed by atoms with E-state index in [2.05, 4.69) is 21.3 Å². The molecule has 1 aliphatic rings. The Balaban J connectivity index is 4.38. The summed E-state index contributed by atoms with van der Waals surface area (Å²) in [6, 6.07) is -14.4. The zero-order chi connectivity index (χ0) is 66.7. The summed E-state index contributed by atoms with van der Waals surface area (Å²) in [5.41, 5.74) is 0. The molecule has 86 heavy (non-hydrogen) atoms. The number of hydrogen-bond acceptors (Lipinski definition) is 13. The van der Waals surface area contributed by atoms with Crippen LogP contribution >= 0.6 is 0 Å². The highest BCUT2D eigenvalue weighted by atomic mass is 16.3. The third-order valence-electron chi connectivity index (χ3n) is 16.4. The molecule has 1 rings (SSSR count). The maximum Gasteiger partial charge on any atom is 0.248 e. The molecule has 24 heteroatoms. The van der Waals surface area contributed by atoms with E-state index in [0.29, 0.717) is 6.42 Å². The third-order valence-corrected chi connectivity index (χ3v) is 16.4. The summed E-state index contributed by atoms with van der Waals surface area (Å²) >= 11 is 0. The molecule has 13 atom stereocenters. The molecule has 0 unspecified atom stereocenters. The summed E-state index contributed by atoms with van der Waals surface area (Å²) in [6.45, 7) is 26.7. The predicted molar refractivity (Wildman–Crippen MR) is 330 cm³/mol. The number of nitrogens with one attached hydrogen (secondary N) is 4. The number of hydrogen-bond donors (Lipinski definition) is 6. The fourth-order valence-electron chi connectivity index (χ4n) is 10.9. The van der Waals surface area contributed by atoms with Gasteiger partial charge in [-0.15, -0.1) is 0 Å². The fourth-order valence-corrected chi connectivity index (χ4v) is 10.9. The highest BCUT2D eigenvalue weighted by molar-refractivity contribution is 6.00. The van der Waals surface area contributed by atoms with E-state index in [9.17, 15) is 53.4 Å². The summed E-state index contributed by atoms with van der Waals surface area (Å²) in [7, 11) is 9.62. The molecule has 1 saturated heterocycles. The van der Waals surface area contributed by atoms with Gasteiger partial charge in [0.05, 0.1) is 12.7 Å². The van der Waals surface area contributed by atoms with E-state index < -0.39 is 162 Å². The van der Waals surface area contributed by atoms with Gasteiger partial charge in [0.25, 0.3) is 0 Å². The topological polar surface area (TPSA) is 299 Å². The first-order valence-corrected chi connectivity index (χ1v) is 30.8. The molecule has 1 heterocycles. The summed E-state index contributed by atoms with van der Waals surface area (Å²) in [4.78, 5) is 169. The van der Waals surface area contributed by atoms with Crippen molar-refractivity contribution in [3.8, 4) is 0 Å². The zero-order valence-electron chi connectivity index (χ0n) is 56.2. The quantitative estimate of drug-likeness (QED) is 0.121. The van der Waals surface area contributed by atoms with Crippen molar-refractivity contribution >= 4 is 65.0 Å². The van der Waals surface area contributed by atoms with E-state index in [0.717, 1.165) is 14.7 Å². The Hall–Kier alpha value is -6.17. The normalized spacial score (nSPS) is 27.5. The SMILES string of the molecule is CC=CC[C@@H](C)[C@@H](O)[C@H]1C(=O)N[C@@H](CC)C(=O)N(C)[C@H](CO)C(=O)N(C)[C@@H](CC(C)C)C(=O)N[C@@H](C(C)C)C(=O)N(C)[C@@H](CC(C)C)C(=O)N[C@@H](C)C(=O)N[C@H](C)C(=O)N(C)[C@@H](CCC)C(=O)N(C)[C@@H](CC(C)C)C(=O)N(C)[C@@H](C(C)C)C(=O)N1C. The Morgan fingerprint density at radius 1 is 0.453 bits per heavy atom. The highest BCUT2D eigenvalue weighted by Gasteiger charge is 2.46. The molecule has 0 radical (unpaired) electrons. The van der Waals surface area contributed by atoms with Crippen LogP contribution in [0, 0.1) is 35.5 Å². The average molecular weight is 1220 g/mol. The van der Waals surface area contributed by atoms with Crippen molar-refractivity contribution in [2.75, 3.05) is 55.9 Å². The van der Waals surface area contributed by atoms with Gasteiger partial charge in [-0.2, -0.15) is 0 Å². The number of amides is 11. The minimum atomic E-state index is -1.66. The maximum atomic E-state index is 15.1. The molecule has 0 aliphatic carbocycles. The van der Waals surface area contributed by atoms with Gasteiger partial charge in [-0.25, -0.2) is 0 Å². The van der Waals surface area contributed by atoms with Crippen molar-refractivity contribution in [3.05, 3.63) is 12.2 Å². The number of allylic oxidation sites excluding steroid dienone is 2. The lowest BCUT2D eigenvalue weighted by molar-refractivity contribution is -0.157. The monoisotopic (exact) mass is 1220 g/mol. The molecule has 24 nitrogen and oxygen atoms in total. The van der Waals surface area contributed by atoms with Gasteiger partial charge < -0.3 is 65.8 Å². The molecule has 6 N–H and O–H groups in total. The van der Waals surface area contributed by atoms with Crippen LogP contribution in [0.2, 0.25) is 0 Å². The van der Waals surface area contributed by atoms with Crippen molar-refractivity contribution < 1.29 is 63.0 Å². The van der Waals surface area contributed by atoms with Gasteiger partial charge in [-0.1, -0.05) is 109 Å². The van der Waals surface area contributed by atoms with Crippen molar-refractivity contribution in [1.29, 1.82) is 0 Å². The van der Waals surface area contributed by atoms with Crippen LogP contribution in [0.4, 0.5) is 0 Å². The number of aliphatic hydroxyl groups excluding tert-OH is 2. The Bertz CT molecular complexity index is 2350. The van der Waals surface area contributed by atoms with E-state index in [1.54, 1.807) is 60.6 Å². The largest absolute Gasteiger partial charge is 0.394 e. The van der Waals surface area contributed by atoms with Crippen LogP contribution in [0.5, 0.6) is 0 Å². The molecule has 0 aromatic rings. The molecule has 492 valence electrons. The Morgan fingerprint density at radius 2 is 0.872 bits per heavy atom. The van der Waals surface area contributed by atoms with Crippen LogP contribution in [0.25, 0.3) is 0 Å². The second-order valence-corrected chi connectivity index (χ2v) is 25.6. The minimum absolute atomic E-state index is 0.0612. The second kappa shape index (κ2) is 35.6. The Labute approximate surface area is 513 Å². The Kier molecular flexibility index (Phi) is 32.2. The van der Waals surface area contributed by atoms with E-state index >= 15 is 9.59 Å². The lowest BCUT2D eigenvalue weighted by Crippen LogP contribution is -2.64. The van der Waals surface area contributed by atoms with Gasteiger partial charge in [0.1, 0.15) is 66.5 Å². The van der Waals surface area contributed by atoms with Gasteiger partial charge >= 0.3 is 0 Å². The van der Waals surface area contributed by atoms with Crippen molar-refractivity contribution in [2.45, 2.75) is 228 Å². The van der Waals surface area contributed by atoms with Crippen LogP contribution < -0.4 is 21.3 Å². The molecule has 1 fully saturated rings. The van der Waals surface area contributed by atoms with Gasteiger partial charge in [-0.05, 0) is 94.8 Å². The predicted octanol–water partition coefficient (Wildman–Crippen LogP) is 2.38. The van der Waals surface area contributed by atoms with E-state index in [1.165, 1.54) is 82.8 Å². The van der Waals surface area contributed by atoms with Crippen molar-refractivity contribution in [3.63, 3.8) is 0 Å². The van der Waals surface area contributed by atoms with Gasteiger partial charge in [0.2, 0.25) is 65.0 Å². The maximum absolute atomic E-state index is 15.1. The summed E-state index contributed by atoms with van der Waals surface area (Å²) in [5.74, 6) is -10.4. The van der Waals surface area contributed by atoms with Crippen LogP contribution in [0.1, 0.15) is 156 Å². The average Bonchev–Trinajstić information content (AvgIpc) is 1.60.